The van der Waals surface area contributed by atoms with Gasteiger partial charge in [0.1, 0.15) is 0 Å². The molecule has 0 aromatic carbocycles. The molecule has 0 spiro atoms. The van der Waals surface area contributed by atoms with E-state index in [1.807, 2.05) is 0 Å². The second-order valence-electron chi connectivity index (χ2n) is 4.54. The molecule has 0 amide bonds. The zero-order chi connectivity index (χ0) is 11.6. The van der Waals surface area contributed by atoms with Gasteiger partial charge in [0, 0.05) is 25.7 Å². The third-order valence-electron chi connectivity index (χ3n) is 3.08. The fourth-order valence-electron chi connectivity index (χ4n) is 2.14. The Kier molecular flexibility index (Phi) is 3.84. The first-order valence-electron chi connectivity index (χ1n) is 5.94. The monoisotopic (exact) mass is 248 g/mol. The van der Waals surface area contributed by atoms with Crippen LogP contribution in [0.4, 0.5) is 0 Å². The van der Waals surface area contributed by atoms with E-state index in [1.54, 1.807) is 4.31 Å². The second-order valence-corrected chi connectivity index (χ2v) is 6.51. The van der Waals surface area contributed by atoms with Crippen LogP contribution >= 0.6 is 0 Å². The fraction of sp³-hybridized carbons (Fsp3) is 1.00. The first-order chi connectivity index (χ1) is 7.63. The first-order valence-corrected chi connectivity index (χ1v) is 7.55. The van der Waals surface area contributed by atoms with E-state index in [0.717, 1.165) is 25.7 Å². The van der Waals surface area contributed by atoms with Crippen molar-refractivity contribution in [1.82, 2.24) is 4.31 Å². The van der Waals surface area contributed by atoms with Crippen molar-refractivity contribution in [2.24, 2.45) is 5.73 Å². The van der Waals surface area contributed by atoms with Crippen LogP contribution < -0.4 is 5.73 Å². The molecule has 0 radical (unpaired) electrons. The summed E-state index contributed by atoms with van der Waals surface area (Å²) >= 11 is 0. The highest BCUT2D eigenvalue weighted by molar-refractivity contribution is 7.89. The molecule has 1 heterocycles. The molecular weight excluding hydrogens is 228 g/mol. The lowest BCUT2D eigenvalue weighted by Crippen LogP contribution is -2.41. The number of sulfonamides is 1. The van der Waals surface area contributed by atoms with Crippen LogP contribution in [0.15, 0.2) is 0 Å². The molecule has 2 aliphatic rings. The van der Waals surface area contributed by atoms with Gasteiger partial charge in [0.2, 0.25) is 10.0 Å². The van der Waals surface area contributed by atoms with E-state index in [4.69, 9.17) is 10.5 Å². The van der Waals surface area contributed by atoms with Gasteiger partial charge in [-0.1, -0.05) is 0 Å². The van der Waals surface area contributed by atoms with Gasteiger partial charge < -0.3 is 10.5 Å². The molecule has 1 unspecified atom stereocenters. The summed E-state index contributed by atoms with van der Waals surface area (Å²) in [7, 11) is -3.18. The Morgan fingerprint density at radius 1 is 1.31 bits per heavy atom. The highest BCUT2D eigenvalue weighted by Gasteiger charge is 2.38. The van der Waals surface area contributed by atoms with E-state index in [9.17, 15) is 8.42 Å². The molecule has 2 rings (SSSR count). The number of hydrogen-bond acceptors (Lipinski definition) is 4. The Bertz CT molecular complexity index is 321. The zero-order valence-corrected chi connectivity index (χ0v) is 10.3. The van der Waals surface area contributed by atoms with Gasteiger partial charge in [-0.15, -0.1) is 0 Å². The van der Waals surface area contributed by atoms with Gasteiger partial charge >= 0.3 is 0 Å². The van der Waals surface area contributed by atoms with Crippen molar-refractivity contribution >= 4 is 10.0 Å². The molecular formula is C10H20N2O3S. The van der Waals surface area contributed by atoms with Gasteiger partial charge in [0.05, 0.1) is 11.9 Å². The molecule has 94 valence electrons. The van der Waals surface area contributed by atoms with Crippen molar-refractivity contribution in [2.45, 2.75) is 37.8 Å². The van der Waals surface area contributed by atoms with E-state index in [2.05, 4.69) is 0 Å². The SMILES string of the molecule is NCCN(C1CC1)S(=O)(=O)CC1CCCO1. The fourth-order valence-corrected chi connectivity index (χ4v) is 4.12. The summed E-state index contributed by atoms with van der Waals surface area (Å²) in [6.45, 7) is 1.53. The average molecular weight is 248 g/mol. The molecule has 1 saturated carbocycles. The third kappa shape index (κ3) is 2.94. The Morgan fingerprint density at radius 3 is 2.56 bits per heavy atom. The van der Waals surface area contributed by atoms with Crippen LogP contribution in [0.25, 0.3) is 0 Å². The lowest BCUT2D eigenvalue weighted by atomic mass is 10.3. The molecule has 6 heteroatoms. The minimum absolute atomic E-state index is 0.107. The number of hydrogen-bond donors (Lipinski definition) is 1. The summed E-state index contributed by atoms with van der Waals surface area (Å²) in [5.41, 5.74) is 5.46. The van der Waals surface area contributed by atoms with Crippen LogP contribution in [-0.2, 0) is 14.8 Å². The molecule has 5 nitrogen and oxygen atoms in total. The van der Waals surface area contributed by atoms with Gasteiger partial charge in [-0.25, -0.2) is 8.42 Å². The second kappa shape index (κ2) is 5.00. The standard InChI is InChI=1S/C10H20N2O3S/c11-5-6-12(9-3-4-9)16(13,14)8-10-2-1-7-15-10/h9-10H,1-8,11H2. The predicted molar refractivity (Wildman–Crippen MR) is 61.5 cm³/mol. The van der Waals surface area contributed by atoms with E-state index < -0.39 is 10.0 Å². The lowest BCUT2D eigenvalue weighted by molar-refractivity contribution is 0.126. The Labute approximate surface area is 97.0 Å². The van der Waals surface area contributed by atoms with Crippen LogP contribution in [0.3, 0.4) is 0 Å². The van der Waals surface area contributed by atoms with Crippen molar-refractivity contribution in [2.75, 3.05) is 25.4 Å². The van der Waals surface area contributed by atoms with Crippen LogP contribution in [0, 0.1) is 0 Å². The third-order valence-corrected chi connectivity index (χ3v) is 5.07. The highest BCUT2D eigenvalue weighted by atomic mass is 32.2. The molecule has 0 bridgehead atoms. The van der Waals surface area contributed by atoms with E-state index in [1.165, 1.54) is 0 Å². The summed E-state index contributed by atoms with van der Waals surface area (Å²) in [5, 5.41) is 0. The molecule has 0 aromatic heterocycles. The summed E-state index contributed by atoms with van der Waals surface area (Å²) in [4.78, 5) is 0. The smallest absolute Gasteiger partial charge is 0.216 e. The Hall–Kier alpha value is -0.170. The van der Waals surface area contributed by atoms with Gasteiger partial charge in [0.15, 0.2) is 0 Å². The van der Waals surface area contributed by atoms with Crippen LogP contribution in [0.2, 0.25) is 0 Å². The van der Waals surface area contributed by atoms with E-state index in [0.29, 0.717) is 19.7 Å². The molecule has 2 fully saturated rings. The quantitative estimate of drug-likeness (QED) is 0.713. The molecule has 1 saturated heterocycles. The Morgan fingerprint density at radius 2 is 2.06 bits per heavy atom. The van der Waals surface area contributed by atoms with Gasteiger partial charge in [0.25, 0.3) is 0 Å². The molecule has 0 aromatic rings. The molecule has 1 atom stereocenters. The predicted octanol–water partition coefficient (Wildman–Crippen LogP) is -0.0817. The van der Waals surface area contributed by atoms with Gasteiger partial charge in [-0.05, 0) is 25.7 Å². The van der Waals surface area contributed by atoms with Gasteiger partial charge in [-0.3, -0.25) is 0 Å². The maximum absolute atomic E-state index is 12.1. The van der Waals surface area contributed by atoms with Crippen LogP contribution in [0.5, 0.6) is 0 Å². The van der Waals surface area contributed by atoms with Crippen LogP contribution in [-0.4, -0.2) is 50.3 Å². The molecule has 1 aliphatic carbocycles. The van der Waals surface area contributed by atoms with Crippen molar-refractivity contribution in [3.8, 4) is 0 Å². The number of nitrogens with zero attached hydrogens (tertiary/aromatic N) is 1. The van der Waals surface area contributed by atoms with E-state index in [-0.39, 0.29) is 17.9 Å². The summed E-state index contributed by atoms with van der Waals surface area (Å²) < 4.78 is 31.3. The molecule has 16 heavy (non-hydrogen) atoms. The Balaban J connectivity index is 1.97. The molecule has 2 N–H and O–H groups in total. The van der Waals surface area contributed by atoms with Crippen LogP contribution in [0.1, 0.15) is 25.7 Å². The van der Waals surface area contributed by atoms with Crippen molar-refractivity contribution < 1.29 is 13.2 Å². The van der Waals surface area contributed by atoms with E-state index >= 15 is 0 Å². The maximum atomic E-state index is 12.1. The van der Waals surface area contributed by atoms with Crippen molar-refractivity contribution in [3.05, 3.63) is 0 Å². The topological polar surface area (TPSA) is 72.6 Å². The largest absolute Gasteiger partial charge is 0.377 e. The summed E-state index contributed by atoms with van der Waals surface area (Å²) in [6.07, 6.45) is 3.68. The zero-order valence-electron chi connectivity index (χ0n) is 9.47. The van der Waals surface area contributed by atoms with Crippen molar-refractivity contribution in [1.29, 1.82) is 0 Å². The average Bonchev–Trinajstić information content (AvgIpc) is 2.93. The summed E-state index contributed by atoms with van der Waals surface area (Å²) in [5.74, 6) is 0.128. The first kappa shape index (κ1) is 12.3. The normalized spacial score (nSPS) is 26.5. The maximum Gasteiger partial charge on any atom is 0.216 e. The number of nitrogens with two attached hydrogens (primary N) is 1. The molecule has 1 aliphatic heterocycles. The van der Waals surface area contributed by atoms with Crippen molar-refractivity contribution in [3.63, 3.8) is 0 Å². The number of ether oxygens (including phenoxy) is 1. The summed E-state index contributed by atoms with van der Waals surface area (Å²) in [6, 6.07) is 0.204. The lowest BCUT2D eigenvalue weighted by Gasteiger charge is -2.22. The highest BCUT2D eigenvalue weighted by Crippen LogP contribution is 2.30. The minimum atomic E-state index is -3.18. The van der Waals surface area contributed by atoms with Gasteiger partial charge in [-0.2, -0.15) is 4.31 Å². The number of rotatable bonds is 6. The minimum Gasteiger partial charge on any atom is -0.377 e.